The summed E-state index contributed by atoms with van der Waals surface area (Å²) >= 11 is 5.81. The molecular formula is C14H21ClN2O4S. The molecule has 0 radical (unpaired) electrons. The molecule has 22 heavy (non-hydrogen) atoms. The summed E-state index contributed by atoms with van der Waals surface area (Å²) in [5.74, 6) is -0.364. The Bertz CT molecular complexity index is 589. The topological polar surface area (TPSA) is 75.7 Å². The van der Waals surface area contributed by atoms with Crippen molar-refractivity contribution in [2.24, 2.45) is 0 Å². The van der Waals surface area contributed by atoms with Gasteiger partial charge in [-0.3, -0.25) is 9.10 Å². The highest BCUT2D eigenvalue weighted by Gasteiger charge is 2.28. The van der Waals surface area contributed by atoms with Crippen molar-refractivity contribution in [1.82, 2.24) is 5.32 Å². The van der Waals surface area contributed by atoms with Crippen molar-refractivity contribution in [1.29, 1.82) is 0 Å². The zero-order chi connectivity index (χ0) is 16.8. The lowest BCUT2D eigenvalue weighted by atomic mass is 10.2. The van der Waals surface area contributed by atoms with Gasteiger partial charge in [0.2, 0.25) is 15.9 Å². The monoisotopic (exact) mass is 348 g/mol. The van der Waals surface area contributed by atoms with Gasteiger partial charge in [-0.25, -0.2) is 8.42 Å². The van der Waals surface area contributed by atoms with E-state index in [-0.39, 0.29) is 5.91 Å². The summed E-state index contributed by atoms with van der Waals surface area (Å²) in [6, 6.07) is 5.44. The second kappa shape index (κ2) is 8.36. The van der Waals surface area contributed by atoms with Crippen LogP contribution < -0.4 is 9.62 Å². The molecule has 8 heteroatoms. The zero-order valence-corrected chi connectivity index (χ0v) is 14.4. The molecule has 0 fully saturated rings. The van der Waals surface area contributed by atoms with Gasteiger partial charge in [0.1, 0.15) is 6.04 Å². The first-order valence-corrected chi connectivity index (χ1v) is 9.01. The number of carbonyl (C=O) groups excluding carboxylic acids is 1. The minimum Gasteiger partial charge on any atom is -0.385 e. The molecule has 0 aliphatic carbocycles. The Balaban J connectivity index is 2.88. The van der Waals surface area contributed by atoms with E-state index in [1.54, 1.807) is 38.3 Å². The third-order valence-corrected chi connectivity index (χ3v) is 4.49. The highest BCUT2D eigenvalue weighted by Crippen LogP contribution is 2.22. The van der Waals surface area contributed by atoms with E-state index in [0.29, 0.717) is 30.3 Å². The van der Waals surface area contributed by atoms with Crippen LogP contribution in [0, 0.1) is 0 Å². The molecule has 0 heterocycles. The van der Waals surface area contributed by atoms with E-state index in [9.17, 15) is 13.2 Å². The van der Waals surface area contributed by atoms with Crippen LogP contribution >= 0.6 is 11.6 Å². The summed E-state index contributed by atoms with van der Waals surface area (Å²) in [6.07, 6.45) is 1.73. The Morgan fingerprint density at radius 3 is 2.45 bits per heavy atom. The Labute approximate surface area is 136 Å². The Hall–Kier alpha value is -1.31. The van der Waals surface area contributed by atoms with Gasteiger partial charge in [-0.05, 0) is 37.6 Å². The van der Waals surface area contributed by atoms with Gasteiger partial charge in [0.15, 0.2) is 0 Å². The van der Waals surface area contributed by atoms with Gasteiger partial charge in [0.05, 0.1) is 11.9 Å². The summed E-state index contributed by atoms with van der Waals surface area (Å²) < 4.78 is 30.0. The van der Waals surface area contributed by atoms with Crippen LogP contribution in [0.1, 0.15) is 13.3 Å². The zero-order valence-electron chi connectivity index (χ0n) is 12.9. The molecule has 1 aromatic rings. The third-order valence-electron chi connectivity index (χ3n) is 2.99. The van der Waals surface area contributed by atoms with Gasteiger partial charge >= 0.3 is 0 Å². The van der Waals surface area contributed by atoms with Crippen molar-refractivity contribution in [2.45, 2.75) is 19.4 Å². The first kappa shape index (κ1) is 18.7. The highest BCUT2D eigenvalue weighted by atomic mass is 35.5. The van der Waals surface area contributed by atoms with Crippen molar-refractivity contribution in [3.05, 3.63) is 29.3 Å². The molecule has 1 rings (SSSR count). The fourth-order valence-corrected chi connectivity index (χ4v) is 3.27. The fraction of sp³-hybridized carbons (Fsp3) is 0.500. The van der Waals surface area contributed by atoms with Crippen molar-refractivity contribution >= 4 is 33.2 Å². The Morgan fingerprint density at radius 2 is 1.95 bits per heavy atom. The van der Waals surface area contributed by atoms with E-state index in [1.165, 1.54) is 0 Å². The first-order valence-electron chi connectivity index (χ1n) is 6.79. The largest absolute Gasteiger partial charge is 0.385 e. The number of methoxy groups -OCH3 is 1. The number of anilines is 1. The molecular weight excluding hydrogens is 328 g/mol. The lowest BCUT2D eigenvalue weighted by Gasteiger charge is -2.28. The van der Waals surface area contributed by atoms with Crippen LogP contribution in [0.4, 0.5) is 5.69 Å². The SMILES string of the molecule is COCCCNC(=O)[C@@H](C)N(c1ccc(Cl)cc1)S(C)(=O)=O. The molecule has 6 nitrogen and oxygen atoms in total. The van der Waals surface area contributed by atoms with Crippen LogP contribution in [0.3, 0.4) is 0 Å². The quantitative estimate of drug-likeness (QED) is 0.725. The number of halogens is 1. The maximum absolute atomic E-state index is 12.2. The van der Waals surface area contributed by atoms with Crippen LogP contribution in [0.25, 0.3) is 0 Å². The molecule has 1 N–H and O–H groups in total. The Morgan fingerprint density at radius 1 is 1.36 bits per heavy atom. The molecule has 124 valence electrons. The molecule has 1 aromatic carbocycles. The van der Waals surface area contributed by atoms with E-state index in [2.05, 4.69) is 5.32 Å². The van der Waals surface area contributed by atoms with Gasteiger partial charge in [-0.15, -0.1) is 0 Å². The van der Waals surface area contributed by atoms with Gasteiger partial charge in [0, 0.05) is 25.3 Å². The molecule has 0 bridgehead atoms. The summed E-state index contributed by atoms with van der Waals surface area (Å²) in [6.45, 7) is 2.50. The number of nitrogens with zero attached hydrogens (tertiary/aromatic N) is 1. The average Bonchev–Trinajstić information content (AvgIpc) is 2.44. The van der Waals surface area contributed by atoms with Crippen molar-refractivity contribution in [3.8, 4) is 0 Å². The van der Waals surface area contributed by atoms with E-state index in [1.807, 2.05) is 0 Å². The van der Waals surface area contributed by atoms with Gasteiger partial charge in [0.25, 0.3) is 0 Å². The summed E-state index contributed by atoms with van der Waals surface area (Å²) in [7, 11) is -2.03. The number of hydrogen-bond donors (Lipinski definition) is 1. The predicted octanol–water partition coefficient (Wildman–Crippen LogP) is 1.65. The number of carbonyl (C=O) groups is 1. The smallest absolute Gasteiger partial charge is 0.243 e. The minimum atomic E-state index is -3.61. The highest BCUT2D eigenvalue weighted by molar-refractivity contribution is 7.92. The molecule has 1 amide bonds. The average molecular weight is 349 g/mol. The predicted molar refractivity (Wildman–Crippen MR) is 87.7 cm³/mol. The standard InChI is InChI=1S/C14H21ClN2O4S/c1-11(14(18)16-9-4-10-21-2)17(22(3,19)20)13-7-5-12(15)6-8-13/h5-8,11H,4,9-10H2,1-3H3,(H,16,18)/t11-/m1/s1. The van der Waals surface area contributed by atoms with Crippen LogP contribution in [0.2, 0.25) is 5.02 Å². The Kier molecular flexibility index (Phi) is 7.12. The lowest BCUT2D eigenvalue weighted by Crippen LogP contribution is -2.48. The maximum Gasteiger partial charge on any atom is 0.243 e. The summed E-state index contributed by atoms with van der Waals surface area (Å²) in [5.41, 5.74) is 0.395. The lowest BCUT2D eigenvalue weighted by molar-refractivity contribution is -0.121. The van der Waals surface area contributed by atoms with E-state index < -0.39 is 16.1 Å². The maximum atomic E-state index is 12.2. The van der Waals surface area contributed by atoms with E-state index in [0.717, 1.165) is 10.6 Å². The normalized spacial score (nSPS) is 12.7. The van der Waals surface area contributed by atoms with Gasteiger partial charge < -0.3 is 10.1 Å². The van der Waals surface area contributed by atoms with Crippen molar-refractivity contribution in [3.63, 3.8) is 0 Å². The van der Waals surface area contributed by atoms with Crippen LogP contribution in [-0.4, -0.2) is 46.9 Å². The van der Waals surface area contributed by atoms with Gasteiger partial charge in [-0.2, -0.15) is 0 Å². The number of amides is 1. The fourth-order valence-electron chi connectivity index (χ4n) is 1.97. The van der Waals surface area contributed by atoms with Crippen molar-refractivity contribution in [2.75, 3.05) is 30.8 Å². The molecule has 1 atom stereocenters. The van der Waals surface area contributed by atoms with Gasteiger partial charge in [-0.1, -0.05) is 11.6 Å². The summed E-state index contributed by atoms with van der Waals surface area (Å²) in [4.78, 5) is 12.2. The molecule has 0 saturated carbocycles. The van der Waals surface area contributed by atoms with Crippen LogP contribution in [0.15, 0.2) is 24.3 Å². The molecule has 0 saturated heterocycles. The van der Waals surface area contributed by atoms with Crippen LogP contribution in [-0.2, 0) is 19.6 Å². The number of rotatable bonds is 8. The van der Waals surface area contributed by atoms with E-state index in [4.69, 9.17) is 16.3 Å². The van der Waals surface area contributed by atoms with Crippen molar-refractivity contribution < 1.29 is 17.9 Å². The minimum absolute atomic E-state index is 0.364. The number of hydrogen-bond acceptors (Lipinski definition) is 4. The molecule has 0 aromatic heterocycles. The molecule has 0 spiro atoms. The molecule has 0 aliphatic rings. The molecule has 0 aliphatic heterocycles. The second-order valence-electron chi connectivity index (χ2n) is 4.85. The second-order valence-corrected chi connectivity index (χ2v) is 7.14. The van der Waals surface area contributed by atoms with E-state index >= 15 is 0 Å². The third kappa shape index (κ3) is 5.47. The number of sulfonamides is 1. The number of ether oxygens (including phenoxy) is 1. The molecule has 0 unspecified atom stereocenters. The summed E-state index contributed by atoms with van der Waals surface area (Å²) in [5, 5.41) is 3.19. The first-order chi connectivity index (χ1) is 10.3. The number of benzene rings is 1. The number of nitrogens with one attached hydrogen (secondary N) is 1. The van der Waals surface area contributed by atoms with Crippen LogP contribution in [0.5, 0.6) is 0 Å².